The molecule has 154 valence electrons. The highest BCUT2D eigenvalue weighted by Gasteiger charge is 2.27. The monoisotopic (exact) mass is 434 g/mol. The van der Waals surface area contributed by atoms with Crippen molar-refractivity contribution in [2.75, 3.05) is 18.9 Å². The Bertz CT molecular complexity index is 1110. The Morgan fingerprint density at radius 2 is 1.48 bits per heavy atom. The van der Waals surface area contributed by atoms with Crippen LogP contribution < -0.4 is 14.2 Å². The van der Waals surface area contributed by atoms with Crippen molar-refractivity contribution in [3.8, 4) is 17.6 Å². The lowest BCUT2D eigenvalue weighted by Gasteiger charge is -2.11. The molecule has 1 N–H and O–H groups in total. The van der Waals surface area contributed by atoms with Crippen LogP contribution in [0.15, 0.2) is 23.1 Å². The molecule has 0 aliphatic rings. The average molecular weight is 434 g/mol. The summed E-state index contributed by atoms with van der Waals surface area (Å²) in [5.74, 6) is -11.2. The van der Waals surface area contributed by atoms with E-state index in [0.717, 1.165) is 6.07 Å². The number of anilines is 1. The van der Waals surface area contributed by atoms with Gasteiger partial charge in [-0.1, -0.05) is 0 Å². The highest BCUT2D eigenvalue weighted by atomic mass is 32.2. The van der Waals surface area contributed by atoms with Gasteiger partial charge >= 0.3 is 0 Å². The van der Waals surface area contributed by atoms with E-state index in [2.05, 4.69) is 0 Å². The highest BCUT2D eigenvalue weighted by molar-refractivity contribution is 7.96. The molecular formula is C17H11F5N2O4S. The van der Waals surface area contributed by atoms with Crippen molar-refractivity contribution in [3.05, 3.63) is 57.8 Å². The van der Waals surface area contributed by atoms with Crippen LogP contribution >= 0.6 is 0 Å². The summed E-state index contributed by atoms with van der Waals surface area (Å²) in [4.78, 5) is -1.30. The van der Waals surface area contributed by atoms with Crippen LogP contribution in [0.3, 0.4) is 0 Å². The lowest BCUT2D eigenvalue weighted by molar-refractivity contribution is 0.355. The molecule has 0 heterocycles. The van der Waals surface area contributed by atoms with Gasteiger partial charge < -0.3 is 9.47 Å². The SMILES string of the molecule is COc1ccc(NS(=O)(=O)C(C#N)=Cc2c(F)c(F)c(F)c(F)c2F)cc1OC. The van der Waals surface area contributed by atoms with Crippen molar-refractivity contribution in [3.63, 3.8) is 0 Å². The number of ether oxygens (including phenoxy) is 2. The van der Waals surface area contributed by atoms with Gasteiger partial charge in [-0.2, -0.15) is 5.26 Å². The molecular weight excluding hydrogens is 423 g/mol. The fourth-order valence-corrected chi connectivity index (χ4v) is 3.10. The Kier molecular flexibility index (Phi) is 6.33. The molecule has 0 aliphatic carbocycles. The smallest absolute Gasteiger partial charge is 0.272 e. The number of allylic oxidation sites excluding steroid dienone is 1. The minimum atomic E-state index is -4.76. The summed E-state index contributed by atoms with van der Waals surface area (Å²) in [5.41, 5.74) is -1.70. The first-order chi connectivity index (χ1) is 13.6. The van der Waals surface area contributed by atoms with Crippen LogP contribution in [0.1, 0.15) is 5.56 Å². The molecule has 2 rings (SSSR count). The summed E-state index contributed by atoms with van der Waals surface area (Å²) in [6, 6.07) is 4.90. The van der Waals surface area contributed by atoms with Crippen LogP contribution in [0.4, 0.5) is 27.6 Å². The molecule has 0 radical (unpaired) electrons. The van der Waals surface area contributed by atoms with E-state index in [1.807, 2.05) is 4.72 Å². The summed E-state index contributed by atoms with van der Waals surface area (Å²) in [5, 5.41) is 9.07. The number of hydrogen-bond acceptors (Lipinski definition) is 5. The van der Waals surface area contributed by atoms with Crippen LogP contribution in [0, 0.1) is 40.4 Å². The van der Waals surface area contributed by atoms with Gasteiger partial charge in [0.2, 0.25) is 5.82 Å². The lowest BCUT2D eigenvalue weighted by atomic mass is 10.1. The van der Waals surface area contributed by atoms with E-state index < -0.39 is 49.6 Å². The van der Waals surface area contributed by atoms with Crippen molar-refractivity contribution >= 4 is 21.8 Å². The second kappa shape index (κ2) is 8.36. The minimum Gasteiger partial charge on any atom is -0.493 e. The molecule has 0 amide bonds. The van der Waals surface area contributed by atoms with Crippen LogP contribution in [0.5, 0.6) is 11.5 Å². The number of nitrogens with one attached hydrogen (secondary N) is 1. The highest BCUT2D eigenvalue weighted by Crippen LogP contribution is 2.31. The van der Waals surface area contributed by atoms with E-state index in [1.165, 1.54) is 32.4 Å². The van der Waals surface area contributed by atoms with Gasteiger partial charge in [0.1, 0.15) is 6.07 Å². The van der Waals surface area contributed by atoms with Gasteiger partial charge in [-0.05, 0) is 18.2 Å². The third-order valence-electron chi connectivity index (χ3n) is 3.55. The van der Waals surface area contributed by atoms with Crippen LogP contribution in [0.25, 0.3) is 6.08 Å². The fraction of sp³-hybridized carbons (Fsp3) is 0.118. The first-order valence-corrected chi connectivity index (χ1v) is 8.93. The fourth-order valence-electron chi connectivity index (χ4n) is 2.16. The van der Waals surface area contributed by atoms with Gasteiger partial charge in [-0.15, -0.1) is 0 Å². The molecule has 6 nitrogen and oxygen atoms in total. The number of nitriles is 1. The van der Waals surface area contributed by atoms with Crippen molar-refractivity contribution in [1.29, 1.82) is 5.26 Å². The molecule has 2 aromatic rings. The Labute approximate surface area is 161 Å². The van der Waals surface area contributed by atoms with Crippen LogP contribution in [0.2, 0.25) is 0 Å². The third kappa shape index (κ3) is 4.24. The average Bonchev–Trinajstić information content (AvgIpc) is 2.70. The van der Waals surface area contributed by atoms with Gasteiger partial charge in [0.05, 0.1) is 25.5 Å². The number of halogens is 5. The first kappa shape index (κ1) is 22.0. The summed E-state index contributed by atoms with van der Waals surface area (Å²) in [7, 11) is -2.14. The number of benzene rings is 2. The zero-order valence-corrected chi connectivity index (χ0v) is 15.5. The molecule has 0 aliphatic heterocycles. The molecule has 0 saturated carbocycles. The maximum atomic E-state index is 13.8. The maximum absolute atomic E-state index is 13.8. The van der Waals surface area contributed by atoms with Gasteiger partial charge in [0.15, 0.2) is 39.7 Å². The second-order valence-corrected chi connectivity index (χ2v) is 6.93. The summed E-state index contributed by atoms with van der Waals surface area (Å²) in [6.45, 7) is 0. The molecule has 29 heavy (non-hydrogen) atoms. The Hall–Kier alpha value is -3.33. The Morgan fingerprint density at radius 1 is 0.966 bits per heavy atom. The van der Waals surface area contributed by atoms with E-state index in [1.54, 1.807) is 0 Å². The summed E-state index contributed by atoms with van der Waals surface area (Å²) < 4.78 is 104. The van der Waals surface area contributed by atoms with Gasteiger partial charge in [-0.25, -0.2) is 30.4 Å². The zero-order chi connectivity index (χ0) is 21.9. The van der Waals surface area contributed by atoms with Crippen LogP contribution in [-0.4, -0.2) is 22.6 Å². The molecule has 0 fully saturated rings. The molecule has 0 spiro atoms. The van der Waals surface area contributed by atoms with E-state index in [4.69, 9.17) is 14.7 Å². The van der Waals surface area contributed by atoms with E-state index in [9.17, 15) is 30.4 Å². The minimum absolute atomic E-state index is 0.0410. The summed E-state index contributed by atoms with van der Waals surface area (Å²) >= 11 is 0. The number of nitrogens with zero attached hydrogens (tertiary/aromatic N) is 1. The van der Waals surface area contributed by atoms with E-state index >= 15 is 0 Å². The number of hydrogen-bond donors (Lipinski definition) is 1. The predicted octanol–water partition coefficient (Wildman–Crippen LogP) is 3.71. The first-order valence-electron chi connectivity index (χ1n) is 7.45. The second-order valence-electron chi connectivity index (χ2n) is 5.28. The largest absolute Gasteiger partial charge is 0.493 e. The van der Waals surface area contributed by atoms with Crippen molar-refractivity contribution in [2.24, 2.45) is 0 Å². The Balaban J connectivity index is 2.53. The molecule has 0 bridgehead atoms. The summed E-state index contributed by atoms with van der Waals surface area (Å²) in [6.07, 6.45) is 0.0410. The van der Waals surface area contributed by atoms with Gasteiger partial charge in [0, 0.05) is 6.07 Å². The third-order valence-corrected chi connectivity index (χ3v) is 4.85. The molecule has 12 heteroatoms. The topological polar surface area (TPSA) is 88.4 Å². The molecule has 0 aromatic heterocycles. The quantitative estimate of drug-likeness (QED) is 0.324. The van der Waals surface area contributed by atoms with E-state index in [0.29, 0.717) is 0 Å². The maximum Gasteiger partial charge on any atom is 0.272 e. The normalized spacial score (nSPS) is 11.7. The zero-order valence-electron chi connectivity index (χ0n) is 14.7. The predicted molar refractivity (Wildman–Crippen MR) is 91.9 cm³/mol. The lowest BCUT2D eigenvalue weighted by Crippen LogP contribution is -2.15. The Morgan fingerprint density at radius 3 is 1.97 bits per heavy atom. The van der Waals surface area contributed by atoms with Gasteiger partial charge in [0.25, 0.3) is 10.0 Å². The molecule has 0 saturated heterocycles. The van der Waals surface area contributed by atoms with Crippen LogP contribution in [-0.2, 0) is 10.0 Å². The number of methoxy groups -OCH3 is 2. The van der Waals surface area contributed by atoms with Gasteiger partial charge in [-0.3, -0.25) is 4.72 Å². The van der Waals surface area contributed by atoms with E-state index in [-0.39, 0.29) is 23.3 Å². The van der Waals surface area contributed by atoms with Crippen molar-refractivity contribution < 1.29 is 39.8 Å². The van der Waals surface area contributed by atoms with Crippen molar-refractivity contribution in [2.45, 2.75) is 0 Å². The van der Waals surface area contributed by atoms with Crippen molar-refractivity contribution in [1.82, 2.24) is 0 Å². The number of rotatable bonds is 6. The molecule has 0 atom stereocenters. The standard InChI is InChI=1S/C17H11F5N2O4S/c1-27-11-4-3-8(5-12(11)28-2)24-29(25,26)9(7-23)6-10-13(18)15(20)17(22)16(21)14(10)19/h3-6,24H,1-2H3. The number of sulfonamides is 1. The molecule has 2 aromatic carbocycles. The molecule has 0 unspecified atom stereocenters.